The molecular weight excluding hydrogens is 432 g/mol. The largest absolute Gasteiger partial charge is 0.491 e. The Morgan fingerprint density at radius 3 is 1.54 bits per heavy atom. The monoisotopic (exact) mass is 462 g/mol. The second-order valence-corrected chi connectivity index (χ2v) is 9.63. The Morgan fingerprint density at radius 2 is 1.09 bits per heavy atom. The molecule has 0 N–H and O–H groups in total. The van der Waals surface area contributed by atoms with Gasteiger partial charge >= 0.3 is 5.97 Å². The summed E-state index contributed by atoms with van der Waals surface area (Å²) in [4.78, 5) is 12.1. The van der Waals surface area contributed by atoms with Gasteiger partial charge in [0.25, 0.3) is 0 Å². The Hall–Kier alpha value is -3.85. The number of hydrogen-bond acceptors (Lipinski definition) is 3. The molecule has 0 amide bonds. The van der Waals surface area contributed by atoms with E-state index < -0.39 is 5.41 Å². The maximum atomic E-state index is 12.1. The van der Waals surface area contributed by atoms with Crippen LogP contribution in [-0.4, -0.2) is 12.1 Å². The molecule has 3 nitrogen and oxygen atoms in total. The van der Waals surface area contributed by atoms with Crippen LogP contribution in [0.1, 0.15) is 49.9 Å². The van der Waals surface area contributed by atoms with Crippen LogP contribution in [0.4, 0.5) is 0 Å². The van der Waals surface area contributed by atoms with E-state index in [1.165, 1.54) is 22.3 Å². The van der Waals surface area contributed by atoms with Crippen molar-refractivity contribution in [3.8, 4) is 22.6 Å². The van der Waals surface area contributed by atoms with Crippen LogP contribution >= 0.6 is 0 Å². The van der Waals surface area contributed by atoms with Crippen molar-refractivity contribution in [3.63, 3.8) is 0 Å². The van der Waals surface area contributed by atoms with Crippen molar-refractivity contribution in [2.75, 3.05) is 0 Å². The summed E-state index contributed by atoms with van der Waals surface area (Å²) >= 11 is 0. The fourth-order valence-corrected chi connectivity index (χ4v) is 5.09. The van der Waals surface area contributed by atoms with E-state index in [0.717, 1.165) is 16.9 Å². The molecule has 3 heteroatoms. The highest BCUT2D eigenvalue weighted by molar-refractivity contribution is 5.86. The maximum absolute atomic E-state index is 12.1. The first-order valence-electron chi connectivity index (χ1n) is 12.2. The van der Waals surface area contributed by atoms with Crippen LogP contribution in [0.2, 0.25) is 0 Å². The number of fused-ring (bicyclic) bond motifs is 3. The third-order valence-corrected chi connectivity index (χ3v) is 6.59. The lowest BCUT2D eigenvalue weighted by Gasteiger charge is -2.34. The second-order valence-electron chi connectivity index (χ2n) is 9.63. The number of esters is 1. The van der Waals surface area contributed by atoms with Gasteiger partial charge in [0.15, 0.2) is 0 Å². The molecule has 0 radical (unpaired) electrons. The predicted octanol–water partition coefficient (Wildman–Crippen LogP) is 7.40. The van der Waals surface area contributed by atoms with E-state index in [9.17, 15) is 4.79 Å². The molecule has 0 unspecified atom stereocenters. The van der Waals surface area contributed by atoms with Crippen LogP contribution in [0.5, 0.6) is 11.5 Å². The van der Waals surface area contributed by atoms with Gasteiger partial charge in [-0.3, -0.25) is 4.79 Å². The van der Waals surface area contributed by atoms with Crippen molar-refractivity contribution in [3.05, 3.63) is 119 Å². The van der Waals surface area contributed by atoms with Crippen molar-refractivity contribution in [2.24, 2.45) is 5.92 Å². The molecule has 35 heavy (non-hydrogen) atoms. The van der Waals surface area contributed by atoms with Gasteiger partial charge < -0.3 is 9.47 Å². The summed E-state index contributed by atoms with van der Waals surface area (Å²) in [5, 5.41) is 0. The number of hydrogen-bond donors (Lipinski definition) is 0. The second kappa shape index (κ2) is 9.07. The summed E-state index contributed by atoms with van der Waals surface area (Å²) in [5.41, 5.74) is 6.75. The number of ether oxygens (including phenoxy) is 2. The Labute approximate surface area is 207 Å². The van der Waals surface area contributed by atoms with Crippen molar-refractivity contribution < 1.29 is 14.3 Å². The lowest BCUT2D eigenvalue weighted by molar-refractivity contribution is -0.137. The summed E-state index contributed by atoms with van der Waals surface area (Å²) in [6, 6.07) is 33.7. The smallest absolute Gasteiger partial charge is 0.313 e. The zero-order valence-electron chi connectivity index (χ0n) is 20.6. The topological polar surface area (TPSA) is 35.5 Å². The lowest BCUT2D eigenvalue weighted by atomic mass is 9.68. The SMILES string of the molecule is CC(C)Oc1ccc(C2(c3ccc(OC(=O)C(C)C)cc3)c3ccccc3-c3ccccc32)cc1. The van der Waals surface area contributed by atoms with E-state index in [1.807, 2.05) is 39.8 Å². The van der Waals surface area contributed by atoms with Gasteiger partial charge in [-0.2, -0.15) is 0 Å². The third-order valence-electron chi connectivity index (χ3n) is 6.59. The van der Waals surface area contributed by atoms with Crippen molar-refractivity contribution in [1.29, 1.82) is 0 Å². The van der Waals surface area contributed by atoms with Crippen LogP contribution in [0.25, 0.3) is 11.1 Å². The molecule has 0 spiro atoms. The normalized spacial score (nSPS) is 13.4. The Bertz CT molecular complexity index is 1300. The molecule has 0 saturated heterocycles. The van der Waals surface area contributed by atoms with Gasteiger partial charge in [-0.05, 0) is 71.5 Å². The molecule has 0 bridgehead atoms. The van der Waals surface area contributed by atoms with Crippen LogP contribution in [0, 0.1) is 5.92 Å². The van der Waals surface area contributed by atoms with E-state index in [2.05, 4.69) is 84.9 Å². The van der Waals surface area contributed by atoms with Crippen molar-refractivity contribution in [2.45, 2.75) is 39.2 Å². The lowest BCUT2D eigenvalue weighted by Crippen LogP contribution is -2.28. The van der Waals surface area contributed by atoms with Gasteiger partial charge in [0.1, 0.15) is 11.5 Å². The number of benzene rings is 4. The molecule has 0 aromatic heterocycles. The minimum Gasteiger partial charge on any atom is -0.491 e. The minimum atomic E-state index is -0.496. The highest BCUT2D eigenvalue weighted by Gasteiger charge is 2.45. The third kappa shape index (κ3) is 3.91. The molecule has 176 valence electrons. The number of carbonyl (C=O) groups excluding carboxylic acids is 1. The highest BCUT2D eigenvalue weighted by Crippen LogP contribution is 2.56. The zero-order valence-corrected chi connectivity index (χ0v) is 20.6. The maximum Gasteiger partial charge on any atom is 0.313 e. The average Bonchev–Trinajstić information content (AvgIpc) is 3.16. The van der Waals surface area contributed by atoms with Gasteiger partial charge in [0.05, 0.1) is 17.4 Å². The van der Waals surface area contributed by atoms with E-state index in [1.54, 1.807) is 0 Å². The molecule has 4 aromatic rings. The summed E-state index contributed by atoms with van der Waals surface area (Å²) in [7, 11) is 0. The van der Waals surface area contributed by atoms with Gasteiger partial charge in [0, 0.05) is 0 Å². The van der Waals surface area contributed by atoms with Crippen molar-refractivity contribution >= 4 is 5.97 Å². The van der Waals surface area contributed by atoms with Crippen LogP contribution in [0.15, 0.2) is 97.1 Å². The van der Waals surface area contributed by atoms with Gasteiger partial charge in [-0.15, -0.1) is 0 Å². The molecule has 0 heterocycles. The summed E-state index contributed by atoms with van der Waals surface area (Å²) in [6.45, 7) is 7.74. The molecule has 5 rings (SSSR count). The standard InChI is InChI=1S/C32H30O3/c1-21(2)31(33)35-26-19-15-24(16-20-26)32(23-13-17-25(18-14-23)34-22(3)4)29-11-7-5-9-27(29)28-10-6-8-12-30(28)32/h5-22H,1-4H3. The predicted molar refractivity (Wildman–Crippen MR) is 140 cm³/mol. The highest BCUT2D eigenvalue weighted by atomic mass is 16.5. The van der Waals surface area contributed by atoms with Gasteiger partial charge in [0.2, 0.25) is 0 Å². The first-order valence-corrected chi connectivity index (χ1v) is 12.2. The molecular formula is C32H30O3. The van der Waals surface area contributed by atoms with Crippen molar-refractivity contribution in [1.82, 2.24) is 0 Å². The summed E-state index contributed by atoms with van der Waals surface area (Å²) in [6.07, 6.45) is 0.115. The first kappa shape index (κ1) is 22.9. The Kier molecular flexibility index (Phi) is 5.94. The van der Waals surface area contributed by atoms with E-state index in [4.69, 9.17) is 9.47 Å². The molecule has 0 aliphatic heterocycles. The van der Waals surface area contributed by atoms with Gasteiger partial charge in [-0.1, -0.05) is 86.6 Å². The zero-order chi connectivity index (χ0) is 24.6. The van der Waals surface area contributed by atoms with Crippen LogP contribution in [0.3, 0.4) is 0 Å². The summed E-state index contributed by atoms with van der Waals surface area (Å²) < 4.78 is 11.5. The number of carbonyl (C=O) groups is 1. The quantitative estimate of drug-likeness (QED) is 0.195. The van der Waals surface area contributed by atoms with E-state index in [0.29, 0.717) is 5.75 Å². The molecule has 1 aliphatic rings. The minimum absolute atomic E-state index is 0.115. The Morgan fingerprint density at radius 1 is 0.629 bits per heavy atom. The fourth-order valence-electron chi connectivity index (χ4n) is 5.09. The molecule has 0 atom stereocenters. The number of rotatable bonds is 6. The molecule has 0 saturated carbocycles. The molecule has 4 aromatic carbocycles. The summed E-state index contributed by atoms with van der Waals surface area (Å²) in [5.74, 6) is 1.00. The van der Waals surface area contributed by atoms with E-state index >= 15 is 0 Å². The first-order chi connectivity index (χ1) is 16.9. The average molecular weight is 463 g/mol. The van der Waals surface area contributed by atoms with E-state index in [-0.39, 0.29) is 18.0 Å². The van der Waals surface area contributed by atoms with Crippen LogP contribution in [-0.2, 0) is 10.2 Å². The fraction of sp³-hybridized carbons (Fsp3) is 0.219. The van der Waals surface area contributed by atoms with Gasteiger partial charge in [-0.25, -0.2) is 0 Å². The Balaban J connectivity index is 1.71. The van der Waals surface area contributed by atoms with Crippen LogP contribution < -0.4 is 9.47 Å². The molecule has 1 aliphatic carbocycles. The molecule has 0 fully saturated rings.